The number of carbonyl (C=O) groups excluding carboxylic acids is 2. The molecule has 2 aliphatic heterocycles. The van der Waals surface area contributed by atoms with E-state index in [1.807, 2.05) is 12.1 Å². The lowest BCUT2D eigenvalue weighted by molar-refractivity contribution is -0.128. The highest BCUT2D eigenvalue weighted by Gasteiger charge is 2.43. The fourth-order valence-electron chi connectivity index (χ4n) is 7.06. The van der Waals surface area contributed by atoms with Crippen molar-refractivity contribution in [2.45, 2.75) is 63.5 Å². The number of nitrogens with one attached hydrogen (secondary N) is 2. The van der Waals surface area contributed by atoms with Crippen molar-refractivity contribution in [2.75, 3.05) is 52.5 Å². The second kappa shape index (κ2) is 13.9. The van der Waals surface area contributed by atoms with E-state index >= 15 is 0 Å². The van der Waals surface area contributed by atoms with E-state index in [0.29, 0.717) is 17.7 Å². The van der Waals surface area contributed by atoms with Crippen LogP contribution in [-0.2, 0) is 16.0 Å². The van der Waals surface area contributed by atoms with Crippen LogP contribution in [0, 0.1) is 12.8 Å². The molecule has 43 heavy (non-hydrogen) atoms. The van der Waals surface area contributed by atoms with Crippen molar-refractivity contribution in [1.29, 1.82) is 0 Å². The molecule has 1 aliphatic carbocycles. The molecular formula is C35H46N4O3S. The van der Waals surface area contributed by atoms with Crippen LogP contribution < -0.4 is 10.6 Å². The summed E-state index contributed by atoms with van der Waals surface area (Å²) in [5.41, 5.74) is 1.54. The number of carbonyl (C=O) groups is 2. The molecule has 6 rings (SSSR count). The van der Waals surface area contributed by atoms with E-state index in [1.165, 1.54) is 41.9 Å². The molecular weight excluding hydrogens is 556 g/mol. The van der Waals surface area contributed by atoms with Crippen LogP contribution in [0.5, 0.6) is 0 Å². The molecule has 8 heteroatoms. The summed E-state index contributed by atoms with van der Waals surface area (Å²) in [5, 5.41) is 7.75. The molecule has 3 fully saturated rings. The molecule has 1 saturated carbocycles. The van der Waals surface area contributed by atoms with E-state index in [1.54, 1.807) is 0 Å². The van der Waals surface area contributed by atoms with Crippen LogP contribution in [0.25, 0.3) is 10.1 Å². The first-order valence-corrected chi connectivity index (χ1v) is 17.0. The molecule has 2 saturated heterocycles. The SMILES string of the molecule is Cc1ccc2cc(C(=O)NC3(C(=O)N[C@H](Cc4ccccc4)CN4CCN(CC5CCOCC5)CC4)CCCC3)sc2c1. The van der Waals surface area contributed by atoms with Crippen LogP contribution in [0.15, 0.2) is 54.6 Å². The van der Waals surface area contributed by atoms with Gasteiger partial charge in [-0.3, -0.25) is 14.5 Å². The Hall–Kier alpha value is -2.78. The van der Waals surface area contributed by atoms with Gasteiger partial charge in [0.15, 0.2) is 0 Å². The van der Waals surface area contributed by atoms with Crippen LogP contribution in [0.3, 0.4) is 0 Å². The zero-order chi connectivity index (χ0) is 29.6. The van der Waals surface area contributed by atoms with Crippen LogP contribution in [0.1, 0.15) is 59.3 Å². The minimum absolute atomic E-state index is 0.0291. The monoisotopic (exact) mass is 602 g/mol. The van der Waals surface area contributed by atoms with Crippen molar-refractivity contribution in [1.82, 2.24) is 20.4 Å². The average Bonchev–Trinajstić information content (AvgIpc) is 3.67. The van der Waals surface area contributed by atoms with Crippen molar-refractivity contribution in [2.24, 2.45) is 5.92 Å². The van der Waals surface area contributed by atoms with E-state index < -0.39 is 5.54 Å². The highest BCUT2D eigenvalue weighted by Crippen LogP contribution is 2.32. The molecule has 1 atom stereocenters. The smallest absolute Gasteiger partial charge is 0.262 e. The molecule has 0 unspecified atom stereocenters. The van der Waals surface area contributed by atoms with Crippen LogP contribution in [0.4, 0.5) is 0 Å². The minimum atomic E-state index is -0.861. The Labute approximate surface area is 260 Å². The second-order valence-corrected chi connectivity index (χ2v) is 14.0. The lowest BCUT2D eigenvalue weighted by Gasteiger charge is -2.39. The quantitative estimate of drug-likeness (QED) is 0.341. The van der Waals surface area contributed by atoms with Gasteiger partial charge in [0.05, 0.1) is 4.88 Å². The van der Waals surface area contributed by atoms with Gasteiger partial charge in [-0.1, -0.05) is 55.3 Å². The number of benzene rings is 2. The van der Waals surface area contributed by atoms with E-state index in [4.69, 9.17) is 4.74 Å². The molecule has 230 valence electrons. The maximum Gasteiger partial charge on any atom is 0.262 e. The molecule has 3 aromatic rings. The molecule has 2 amide bonds. The number of amides is 2. The van der Waals surface area contributed by atoms with E-state index in [-0.39, 0.29) is 17.9 Å². The van der Waals surface area contributed by atoms with E-state index in [0.717, 1.165) is 81.2 Å². The fraction of sp³-hybridized carbons (Fsp3) is 0.543. The Morgan fingerprint density at radius 1 is 0.977 bits per heavy atom. The summed E-state index contributed by atoms with van der Waals surface area (Å²) in [6.07, 6.45) is 6.36. The van der Waals surface area contributed by atoms with Gasteiger partial charge in [0.25, 0.3) is 5.91 Å². The van der Waals surface area contributed by atoms with Crippen molar-refractivity contribution in [3.05, 3.63) is 70.6 Å². The lowest BCUT2D eigenvalue weighted by atomic mass is 9.94. The Morgan fingerprint density at radius 3 is 2.44 bits per heavy atom. The third kappa shape index (κ3) is 7.66. The first-order valence-electron chi connectivity index (χ1n) is 16.2. The van der Waals surface area contributed by atoms with Gasteiger partial charge >= 0.3 is 0 Å². The van der Waals surface area contributed by atoms with Gasteiger partial charge in [0.2, 0.25) is 5.91 Å². The van der Waals surface area contributed by atoms with Crippen molar-refractivity contribution < 1.29 is 14.3 Å². The standard InChI is InChI=1S/C35H46N4O3S/c1-26-9-10-29-23-32(43-31(29)21-26)33(40)37-35(13-5-6-14-35)34(41)36-30(22-27-7-3-2-4-8-27)25-39-17-15-38(16-18-39)24-28-11-19-42-20-12-28/h2-4,7-10,21,23,28,30H,5-6,11-20,22,24-25H2,1H3,(H,36,41)(H,37,40)/t30-/m1/s1. The Balaban J connectivity index is 1.11. The Morgan fingerprint density at radius 2 is 1.70 bits per heavy atom. The molecule has 2 aromatic carbocycles. The van der Waals surface area contributed by atoms with Gasteiger partial charge < -0.3 is 20.3 Å². The molecule has 7 nitrogen and oxygen atoms in total. The number of ether oxygens (including phenoxy) is 1. The first kappa shape index (κ1) is 30.3. The molecule has 0 radical (unpaired) electrons. The minimum Gasteiger partial charge on any atom is -0.381 e. The van der Waals surface area contributed by atoms with Crippen molar-refractivity contribution >= 4 is 33.2 Å². The van der Waals surface area contributed by atoms with Crippen LogP contribution in [0.2, 0.25) is 0 Å². The first-order chi connectivity index (χ1) is 21.0. The van der Waals surface area contributed by atoms with Gasteiger partial charge in [0.1, 0.15) is 5.54 Å². The molecule has 0 bridgehead atoms. The van der Waals surface area contributed by atoms with E-state index in [2.05, 4.69) is 69.8 Å². The normalized spacial score (nSPS) is 20.7. The molecule has 0 spiro atoms. The Kier molecular flexibility index (Phi) is 9.77. The lowest BCUT2D eigenvalue weighted by Crippen LogP contribution is -2.60. The van der Waals surface area contributed by atoms with Gasteiger partial charge in [-0.15, -0.1) is 11.3 Å². The van der Waals surface area contributed by atoms with Crippen molar-refractivity contribution in [3.8, 4) is 0 Å². The zero-order valence-corrected chi connectivity index (χ0v) is 26.3. The number of hydrogen-bond acceptors (Lipinski definition) is 6. The van der Waals surface area contributed by atoms with Gasteiger partial charge in [-0.25, -0.2) is 0 Å². The third-order valence-corrected chi connectivity index (χ3v) is 10.7. The summed E-state index contributed by atoms with van der Waals surface area (Å²) < 4.78 is 6.65. The number of nitrogens with zero attached hydrogens (tertiary/aromatic N) is 2. The summed E-state index contributed by atoms with van der Waals surface area (Å²) >= 11 is 1.50. The molecule has 3 heterocycles. The van der Waals surface area contributed by atoms with Gasteiger partial charge in [-0.05, 0) is 73.6 Å². The number of aryl methyl sites for hydroxylation is 1. The van der Waals surface area contributed by atoms with Gasteiger partial charge in [0, 0.05) is 63.2 Å². The predicted octanol–water partition coefficient (Wildman–Crippen LogP) is 5.02. The second-order valence-electron chi connectivity index (χ2n) is 12.9. The summed E-state index contributed by atoms with van der Waals surface area (Å²) in [6.45, 7) is 10.0. The summed E-state index contributed by atoms with van der Waals surface area (Å²) in [4.78, 5) is 33.4. The summed E-state index contributed by atoms with van der Waals surface area (Å²) in [6, 6.07) is 18.6. The third-order valence-electron chi connectivity index (χ3n) is 9.60. The molecule has 2 N–H and O–H groups in total. The highest BCUT2D eigenvalue weighted by atomic mass is 32.1. The van der Waals surface area contributed by atoms with Crippen LogP contribution in [-0.4, -0.2) is 85.7 Å². The van der Waals surface area contributed by atoms with Gasteiger partial charge in [-0.2, -0.15) is 0 Å². The number of piperazine rings is 1. The number of hydrogen-bond donors (Lipinski definition) is 2. The summed E-state index contributed by atoms with van der Waals surface area (Å²) in [5.74, 6) is 0.575. The fourth-order valence-corrected chi connectivity index (χ4v) is 8.12. The Bertz CT molecular complexity index is 1370. The zero-order valence-electron chi connectivity index (χ0n) is 25.5. The van der Waals surface area contributed by atoms with Crippen molar-refractivity contribution in [3.63, 3.8) is 0 Å². The molecule has 3 aliphatic rings. The number of thiophene rings is 1. The number of fused-ring (bicyclic) bond motifs is 1. The maximum absolute atomic E-state index is 14.1. The average molecular weight is 603 g/mol. The topological polar surface area (TPSA) is 73.9 Å². The maximum atomic E-state index is 14.1. The van der Waals surface area contributed by atoms with Crippen LogP contribution >= 0.6 is 11.3 Å². The van der Waals surface area contributed by atoms with E-state index in [9.17, 15) is 9.59 Å². The number of rotatable bonds is 10. The highest BCUT2D eigenvalue weighted by molar-refractivity contribution is 7.20. The largest absolute Gasteiger partial charge is 0.381 e. The molecule has 1 aromatic heterocycles. The predicted molar refractivity (Wildman–Crippen MR) is 174 cm³/mol. The summed E-state index contributed by atoms with van der Waals surface area (Å²) in [7, 11) is 0.